The van der Waals surface area contributed by atoms with Crippen LogP contribution in [0.15, 0.2) is 60.9 Å². The number of anilines is 2. The van der Waals surface area contributed by atoms with Crippen LogP contribution in [-0.4, -0.2) is 14.9 Å². The number of benzene rings is 2. The van der Waals surface area contributed by atoms with Crippen LogP contribution < -0.4 is 10.6 Å². The highest BCUT2D eigenvalue weighted by Crippen LogP contribution is 2.18. The molecule has 3 aromatic rings. The van der Waals surface area contributed by atoms with E-state index in [0.29, 0.717) is 11.7 Å². The highest BCUT2D eigenvalue weighted by atomic mass is 35.5. The van der Waals surface area contributed by atoms with Gasteiger partial charge in [0.05, 0.1) is 18.4 Å². The molecule has 1 aromatic heterocycles. The van der Waals surface area contributed by atoms with E-state index in [0.717, 1.165) is 28.4 Å². The topological polar surface area (TPSA) is 41.9 Å². The summed E-state index contributed by atoms with van der Waals surface area (Å²) in [7, 11) is 0. The maximum atomic E-state index is 6.20. The summed E-state index contributed by atoms with van der Waals surface area (Å²) in [4.78, 5) is 0. The Hall–Kier alpha value is -2.37. The van der Waals surface area contributed by atoms with Gasteiger partial charge in [-0.2, -0.15) is 5.10 Å². The van der Waals surface area contributed by atoms with Gasteiger partial charge < -0.3 is 10.6 Å². The Morgan fingerprint density at radius 2 is 1.80 bits per heavy atom. The van der Waals surface area contributed by atoms with Gasteiger partial charge in [0.2, 0.25) is 0 Å². The summed E-state index contributed by atoms with van der Waals surface area (Å²) >= 11 is 11.6. The fourth-order valence-corrected chi connectivity index (χ4v) is 2.97. The summed E-state index contributed by atoms with van der Waals surface area (Å²) in [5.41, 5.74) is 4.10. The molecule has 0 atom stereocenters. The highest BCUT2D eigenvalue weighted by Gasteiger charge is 2.06. The van der Waals surface area contributed by atoms with Gasteiger partial charge in [-0.25, -0.2) is 0 Å². The Kier molecular flexibility index (Phi) is 5.68. The molecule has 128 valence electrons. The van der Waals surface area contributed by atoms with Crippen LogP contribution in [0.4, 0.5) is 11.4 Å². The van der Waals surface area contributed by atoms with E-state index in [9.17, 15) is 0 Å². The summed E-state index contributed by atoms with van der Waals surface area (Å²) in [6.45, 7) is 2.73. The Bertz CT molecular complexity index is 875. The summed E-state index contributed by atoms with van der Waals surface area (Å²) in [6, 6.07) is 15.9. The average Bonchev–Trinajstić information content (AvgIpc) is 3.04. The molecule has 0 unspecified atom stereocenters. The largest absolute Gasteiger partial charge is 0.332 e. The van der Waals surface area contributed by atoms with Crippen LogP contribution in [0.3, 0.4) is 0 Å². The van der Waals surface area contributed by atoms with Crippen LogP contribution in [0.5, 0.6) is 0 Å². The summed E-state index contributed by atoms with van der Waals surface area (Å²) in [5.74, 6) is 0. The zero-order chi connectivity index (χ0) is 17.6. The molecule has 0 fully saturated rings. The number of para-hydroxylation sites is 1. The van der Waals surface area contributed by atoms with Gasteiger partial charge in [-0.1, -0.05) is 54.9 Å². The highest BCUT2D eigenvalue weighted by molar-refractivity contribution is 7.80. The van der Waals surface area contributed by atoms with Crippen molar-refractivity contribution < 1.29 is 0 Å². The van der Waals surface area contributed by atoms with Crippen molar-refractivity contribution in [3.63, 3.8) is 0 Å². The molecule has 0 aliphatic heterocycles. The first kappa shape index (κ1) is 17.5. The fourth-order valence-electron chi connectivity index (χ4n) is 2.55. The minimum Gasteiger partial charge on any atom is -0.332 e. The van der Waals surface area contributed by atoms with Crippen LogP contribution in [0.25, 0.3) is 0 Å². The quantitative estimate of drug-likeness (QED) is 0.623. The van der Waals surface area contributed by atoms with Gasteiger partial charge in [0.15, 0.2) is 5.11 Å². The van der Waals surface area contributed by atoms with Gasteiger partial charge in [0.25, 0.3) is 0 Å². The molecule has 0 saturated carbocycles. The smallest absolute Gasteiger partial charge is 0.175 e. The van der Waals surface area contributed by atoms with E-state index in [1.54, 1.807) is 6.20 Å². The number of nitrogens with zero attached hydrogens (tertiary/aromatic N) is 2. The molecule has 0 amide bonds. The Labute approximate surface area is 157 Å². The first-order valence-electron chi connectivity index (χ1n) is 8.07. The molecule has 0 spiro atoms. The second-order valence-corrected chi connectivity index (χ2v) is 6.42. The lowest BCUT2D eigenvalue weighted by Crippen LogP contribution is -2.19. The Balaban J connectivity index is 1.63. The number of aromatic nitrogens is 2. The van der Waals surface area contributed by atoms with Crippen molar-refractivity contribution in [1.82, 2.24) is 9.78 Å². The van der Waals surface area contributed by atoms with Crippen LogP contribution in [0.1, 0.15) is 18.1 Å². The molecular weight excluding hydrogens is 352 g/mol. The number of halogens is 1. The van der Waals surface area contributed by atoms with Crippen molar-refractivity contribution in [3.05, 3.63) is 77.1 Å². The van der Waals surface area contributed by atoms with E-state index >= 15 is 0 Å². The third kappa shape index (κ3) is 4.59. The standard InChI is InChI=1S/C19H19ClN4S/c1-2-14-7-4-6-10-18(14)23-19(25)22-16-11-21-24(13-16)12-15-8-3-5-9-17(15)20/h3-11,13H,2,12H2,1H3,(H2,22,23,25). The van der Waals surface area contributed by atoms with Gasteiger partial charge in [0, 0.05) is 16.9 Å². The second-order valence-electron chi connectivity index (χ2n) is 5.61. The summed E-state index contributed by atoms with van der Waals surface area (Å²) in [6.07, 6.45) is 4.60. The molecule has 6 heteroatoms. The van der Waals surface area contributed by atoms with Crippen LogP contribution in [-0.2, 0) is 13.0 Å². The first-order chi connectivity index (χ1) is 12.2. The van der Waals surface area contributed by atoms with Crippen molar-refractivity contribution in [2.24, 2.45) is 0 Å². The molecule has 4 nitrogen and oxygen atoms in total. The molecule has 2 aromatic carbocycles. The lowest BCUT2D eigenvalue weighted by molar-refractivity contribution is 0.687. The SMILES string of the molecule is CCc1ccccc1NC(=S)Nc1cnn(Cc2ccccc2Cl)c1. The molecule has 0 saturated heterocycles. The van der Waals surface area contributed by atoms with Gasteiger partial charge in [-0.15, -0.1) is 0 Å². The second kappa shape index (κ2) is 8.14. The predicted octanol–water partition coefficient (Wildman–Crippen LogP) is 4.96. The van der Waals surface area contributed by atoms with Crippen LogP contribution in [0, 0.1) is 0 Å². The number of aryl methyl sites for hydroxylation is 1. The molecule has 25 heavy (non-hydrogen) atoms. The maximum Gasteiger partial charge on any atom is 0.175 e. The minimum atomic E-state index is 0.540. The number of hydrogen-bond acceptors (Lipinski definition) is 2. The molecular formula is C19H19ClN4S. The fraction of sp³-hybridized carbons (Fsp3) is 0.158. The molecule has 2 N–H and O–H groups in total. The monoisotopic (exact) mass is 370 g/mol. The van der Waals surface area contributed by atoms with E-state index in [-0.39, 0.29) is 0 Å². The molecule has 1 heterocycles. The van der Waals surface area contributed by atoms with Crippen LogP contribution >= 0.6 is 23.8 Å². The van der Waals surface area contributed by atoms with Gasteiger partial charge >= 0.3 is 0 Å². The van der Waals surface area contributed by atoms with E-state index in [1.165, 1.54) is 5.56 Å². The molecule has 0 aliphatic carbocycles. The average molecular weight is 371 g/mol. The van der Waals surface area contributed by atoms with Crippen LogP contribution in [0.2, 0.25) is 5.02 Å². The first-order valence-corrected chi connectivity index (χ1v) is 8.86. The molecule has 0 aliphatic rings. The van der Waals surface area contributed by atoms with E-state index in [4.69, 9.17) is 23.8 Å². The number of nitrogens with one attached hydrogen (secondary N) is 2. The molecule has 0 radical (unpaired) electrons. The van der Waals surface area contributed by atoms with Gasteiger partial charge in [0.1, 0.15) is 0 Å². The number of hydrogen-bond donors (Lipinski definition) is 2. The number of thiocarbonyl (C=S) groups is 1. The predicted molar refractivity (Wildman–Crippen MR) is 108 cm³/mol. The summed E-state index contributed by atoms with van der Waals surface area (Å²) in [5, 5.41) is 12.0. The third-order valence-corrected chi connectivity index (χ3v) is 4.40. The van der Waals surface area contributed by atoms with Crippen molar-refractivity contribution in [2.45, 2.75) is 19.9 Å². The molecule has 0 bridgehead atoms. The summed E-state index contributed by atoms with van der Waals surface area (Å²) < 4.78 is 1.83. The van der Waals surface area contributed by atoms with E-state index in [1.807, 2.05) is 53.3 Å². The maximum absolute atomic E-state index is 6.20. The Morgan fingerprint density at radius 3 is 2.56 bits per heavy atom. The minimum absolute atomic E-state index is 0.540. The van der Waals surface area contributed by atoms with Gasteiger partial charge in [-0.05, 0) is 41.9 Å². The third-order valence-electron chi connectivity index (χ3n) is 3.83. The zero-order valence-electron chi connectivity index (χ0n) is 13.9. The van der Waals surface area contributed by atoms with Crippen molar-refractivity contribution in [3.8, 4) is 0 Å². The zero-order valence-corrected chi connectivity index (χ0v) is 15.4. The van der Waals surface area contributed by atoms with Gasteiger partial charge in [-0.3, -0.25) is 4.68 Å². The Morgan fingerprint density at radius 1 is 1.08 bits per heavy atom. The van der Waals surface area contributed by atoms with E-state index in [2.05, 4.69) is 28.7 Å². The van der Waals surface area contributed by atoms with Crippen molar-refractivity contribution >= 4 is 40.3 Å². The lowest BCUT2D eigenvalue weighted by atomic mass is 10.1. The normalized spacial score (nSPS) is 10.5. The lowest BCUT2D eigenvalue weighted by Gasteiger charge is -2.12. The molecule has 3 rings (SSSR count). The van der Waals surface area contributed by atoms with Crippen molar-refractivity contribution in [1.29, 1.82) is 0 Å². The number of rotatable bonds is 5. The van der Waals surface area contributed by atoms with Crippen molar-refractivity contribution in [2.75, 3.05) is 10.6 Å². The van der Waals surface area contributed by atoms with E-state index < -0.39 is 0 Å².